The maximum absolute atomic E-state index is 12.1. The molecule has 1 amide bonds. The average molecular weight is 232 g/mol. The van der Waals surface area contributed by atoms with Crippen molar-refractivity contribution in [1.29, 1.82) is 5.26 Å². The zero-order chi connectivity index (χ0) is 13.0. The van der Waals surface area contributed by atoms with Crippen molar-refractivity contribution in [3.05, 3.63) is 29.3 Å². The quantitative estimate of drug-likeness (QED) is 0.867. The molecule has 0 aliphatic rings. The number of hydrogen-bond donors (Lipinski definition) is 1. The summed E-state index contributed by atoms with van der Waals surface area (Å²) in [6, 6.07) is 6.75. The molecule has 1 rings (SSSR count). The standard InChI is InChI=1S/C13H16N2O2/c1-9(7-8-14)15(3)13(17)11-5-4-6-12(16)10(11)2/h4-6,9,16H,7H2,1-3H3. The predicted molar refractivity (Wildman–Crippen MR) is 64.6 cm³/mol. The second-order valence-electron chi connectivity index (χ2n) is 4.08. The number of aromatic hydroxyl groups is 1. The minimum absolute atomic E-state index is 0.109. The minimum Gasteiger partial charge on any atom is -0.508 e. The topological polar surface area (TPSA) is 64.3 Å². The molecule has 0 saturated heterocycles. The Morgan fingerprint density at radius 1 is 1.59 bits per heavy atom. The normalized spacial score (nSPS) is 11.6. The number of hydrogen-bond acceptors (Lipinski definition) is 3. The molecule has 0 aromatic heterocycles. The lowest BCUT2D eigenvalue weighted by atomic mass is 10.1. The molecule has 90 valence electrons. The van der Waals surface area contributed by atoms with Crippen LogP contribution >= 0.6 is 0 Å². The van der Waals surface area contributed by atoms with E-state index in [2.05, 4.69) is 0 Å². The number of carbonyl (C=O) groups excluding carboxylic acids is 1. The number of phenols is 1. The summed E-state index contributed by atoms with van der Waals surface area (Å²) in [5, 5.41) is 18.2. The van der Waals surface area contributed by atoms with E-state index in [1.165, 1.54) is 4.90 Å². The van der Waals surface area contributed by atoms with Crippen molar-refractivity contribution < 1.29 is 9.90 Å². The molecule has 0 aliphatic carbocycles. The molecule has 1 atom stereocenters. The van der Waals surface area contributed by atoms with Gasteiger partial charge < -0.3 is 10.0 Å². The Morgan fingerprint density at radius 3 is 2.82 bits per heavy atom. The molecular formula is C13H16N2O2. The fourth-order valence-electron chi connectivity index (χ4n) is 1.51. The molecule has 0 aliphatic heterocycles. The number of carbonyl (C=O) groups is 1. The van der Waals surface area contributed by atoms with Crippen molar-refractivity contribution in [1.82, 2.24) is 4.90 Å². The molecule has 0 saturated carbocycles. The monoisotopic (exact) mass is 232 g/mol. The Bertz CT molecular complexity index is 463. The van der Waals surface area contributed by atoms with E-state index in [9.17, 15) is 9.90 Å². The Morgan fingerprint density at radius 2 is 2.24 bits per heavy atom. The summed E-state index contributed by atoms with van der Waals surface area (Å²) in [7, 11) is 1.66. The number of nitrogens with zero attached hydrogens (tertiary/aromatic N) is 2. The van der Waals surface area contributed by atoms with Gasteiger partial charge in [0.25, 0.3) is 5.91 Å². The van der Waals surface area contributed by atoms with Crippen molar-refractivity contribution in [2.24, 2.45) is 0 Å². The average Bonchev–Trinajstić information content (AvgIpc) is 2.31. The second-order valence-corrected chi connectivity index (χ2v) is 4.08. The lowest BCUT2D eigenvalue weighted by Crippen LogP contribution is -2.35. The van der Waals surface area contributed by atoms with Gasteiger partial charge in [-0.1, -0.05) is 6.07 Å². The number of amides is 1. The molecule has 0 radical (unpaired) electrons. The second kappa shape index (κ2) is 5.35. The lowest BCUT2D eigenvalue weighted by Gasteiger charge is -2.23. The molecule has 0 spiro atoms. The maximum atomic E-state index is 12.1. The Hall–Kier alpha value is -2.02. The highest BCUT2D eigenvalue weighted by Crippen LogP contribution is 2.21. The van der Waals surface area contributed by atoms with E-state index in [1.807, 2.05) is 13.0 Å². The smallest absolute Gasteiger partial charge is 0.254 e. The minimum atomic E-state index is -0.179. The van der Waals surface area contributed by atoms with Crippen LogP contribution in [0.25, 0.3) is 0 Å². The van der Waals surface area contributed by atoms with Gasteiger partial charge in [0, 0.05) is 24.2 Å². The van der Waals surface area contributed by atoms with E-state index in [0.29, 0.717) is 17.5 Å². The number of phenolic OH excluding ortho intramolecular Hbond substituents is 1. The summed E-state index contributed by atoms with van der Waals surface area (Å²) >= 11 is 0. The molecule has 4 heteroatoms. The maximum Gasteiger partial charge on any atom is 0.254 e. The Balaban J connectivity index is 2.97. The van der Waals surface area contributed by atoms with Crippen LogP contribution in [-0.4, -0.2) is 29.0 Å². The zero-order valence-electron chi connectivity index (χ0n) is 10.3. The largest absolute Gasteiger partial charge is 0.508 e. The van der Waals surface area contributed by atoms with Gasteiger partial charge in [0.1, 0.15) is 5.75 Å². The predicted octanol–water partition coefficient (Wildman–Crippen LogP) is 2.07. The van der Waals surface area contributed by atoms with Gasteiger partial charge in [-0.15, -0.1) is 0 Å². The summed E-state index contributed by atoms with van der Waals surface area (Å²) < 4.78 is 0. The van der Waals surface area contributed by atoms with E-state index in [4.69, 9.17) is 5.26 Å². The third-order valence-corrected chi connectivity index (χ3v) is 2.90. The summed E-state index contributed by atoms with van der Waals surface area (Å²) in [6.45, 7) is 3.52. The van der Waals surface area contributed by atoms with Crippen LogP contribution in [0.4, 0.5) is 0 Å². The summed E-state index contributed by atoms with van der Waals surface area (Å²) in [5.74, 6) is -0.0710. The highest BCUT2D eigenvalue weighted by molar-refractivity contribution is 5.96. The van der Waals surface area contributed by atoms with Gasteiger partial charge in [0.15, 0.2) is 0 Å². The van der Waals surface area contributed by atoms with Gasteiger partial charge in [0.2, 0.25) is 0 Å². The van der Waals surface area contributed by atoms with Crippen molar-refractivity contribution in [3.8, 4) is 11.8 Å². The van der Waals surface area contributed by atoms with E-state index in [1.54, 1.807) is 32.2 Å². The molecule has 1 aromatic carbocycles. The molecule has 1 N–H and O–H groups in total. The van der Waals surface area contributed by atoms with Crippen LogP contribution in [0.2, 0.25) is 0 Å². The fraction of sp³-hybridized carbons (Fsp3) is 0.385. The van der Waals surface area contributed by atoms with Crippen LogP contribution in [0.15, 0.2) is 18.2 Å². The van der Waals surface area contributed by atoms with Crippen molar-refractivity contribution in [2.45, 2.75) is 26.3 Å². The van der Waals surface area contributed by atoms with Crippen LogP contribution in [-0.2, 0) is 0 Å². The van der Waals surface area contributed by atoms with E-state index >= 15 is 0 Å². The molecule has 4 nitrogen and oxygen atoms in total. The third kappa shape index (κ3) is 2.76. The molecule has 0 heterocycles. The lowest BCUT2D eigenvalue weighted by molar-refractivity contribution is 0.0745. The Labute approximate surface area is 101 Å². The number of benzene rings is 1. The van der Waals surface area contributed by atoms with E-state index < -0.39 is 0 Å². The summed E-state index contributed by atoms with van der Waals surface area (Å²) in [5.41, 5.74) is 1.03. The van der Waals surface area contributed by atoms with Crippen LogP contribution in [0.3, 0.4) is 0 Å². The molecule has 0 bridgehead atoms. The first-order valence-corrected chi connectivity index (χ1v) is 5.41. The van der Waals surface area contributed by atoms with Crippen molar-refractivity contribution >= 4 is 5.91 Å². The molecule has 0 fully saturated rings. The summed E-state index contributed by atoms with van der Waals surface area (Å²) in [6.07, 6.45) is 0.292. The van der Waals surface area contributed by atoms with E-state index in [0.717, 1.165) is 0 Å². The van der Waals surface area contributed by atoms with Crippen LogP contribution < -0.4 is 0 Å². The molecule has 1 unspecified atom stereocenters. The first-order valence-electron chi connectivity index (χ1n) is 5.41. The van der Waals surface area contributed by atoms with Crippen LogP contribution in [0, 0.1) is 18.3 Å². The molecule has 17 heavy (non-hydrogen) atoms. The fourth-order valence-corrected chi connectivity index (χ4v) is 1.51. The van der Waals surface area contributed by atoms with Gasteiger partial charge >= 0.3 is 0 Å². The molecule has 1 aromatic rings. The molecular weight excluding hydrogens is 216 g/mol. The van der Waals surface area contributed by atoms with Crippen LogP contribution in [0.1, 0.15) is 29.3 Å². The zero-order valence-corrected chi connectivity index (χ0v) is 10.3. The first-order chi connectivity index (χ1) is 7.99. The van der Waals surface area contributed by atoms with E-state index in [-0.39, 0.29) is 17.7 Å². The van der Waals surface area contributed by atoms with Crippen LogP contribution in [0.5, 0.6) is 5.75 Å². The Kier molecular flexibility index (Phi) is 4.11. The number of nitriles is 1. The van der Waals surface area contributed by atoms with Gasteiger partial charge in [-0.3, -0.25) is 4.79 Å². The van der Waals surface area contributed by atoms with Crippen molar-refractivity contribution in [3.63, 3.8) is 0 Å². The van der Waals surface area contributed by atoms with Gasteiger partial charge in [-0.05, 0) is 26.0 Å². The van der Waals surface area contributed by atoms with Gasteiger partial charge in [0.05, 0.1) is 12.5 Å². The first kappa shape index (κ1) is 13.0. The third-order valence-electron chi connectivity index (χ3n) is 2.90. The highest BCUT2D eigenvalue weighted by Gasteiger charge is 2.19. The van der Waals surface area contributed by atoms with Crippen molar-refractivity contribution in [2.75, 3.05) is 7.05 Å². The highest BCUT2D eigenvalue weighted by atomic mass is 16.3. The number of rotatable bonds is 3. The SMILES string of the molecule is Cc1c(O)cccc1C(=O)N(C)C(C)CC#N. The summed E-state index contributed by atoms with van der Waals surface area (Å²) in [4.78, 5) is 13.7. The van der Waals surface area contributed by atoms with Gasteiger partial charge in [-0.2, -0.15) is 5.26 Å². The van der Waals surface area contributed by atoms with Gasteiger partial charge in [-0.25, -0.2) is 0 Å².